The zero-order chi connectivity index (χ0) is 31.5. The standard InChI is InChI=1S/C43H35N3S/c1-2-11-36-40(35-18-10-16-33-31-13-4-7-20-38(31)45-41(33)35)29-23-22-26(24-28(29)25-27-12-3-6-19-37(27)46-43(36)44)30-15-9-17-34-32-14-5-8-21-39(32)47-42(30)34/h2-24,32,39,43,45-46H,25,44H2,1H3/b11-2-,40-36+. The van der Waals surface area contributed by atoms with Gasteiger partial charge in [-0.1, -0.05) is 127 Å². The average molecular weight is 626 g/mol. The third kappa shape index (κ3) is 4.63. The molecule has 0 fully saturated rings. The van der Waals surface area contributed by atoms with Gasteiger partial charge in [-0.25, -0.2) is 0 Å². The molecule has 0 spiro atoms. The molecule has 4 heteroatoms. The van der Waals surface area contributed by atoms with Gasteiger partial charge < -0.3 is 16.0 Å². The Balaban J connectivity index is 1.31. The van der Waals surface area contributed by atoms with Gasteiger partial charge in [-0.05, 0) is 63.6 Å². The highest BCUT2D eigenvalue weighted by atomic mass is 32.2. The lowest BCUT2D eigenvalue weighted by Gasteiger charge is -2.22. The Bertz CT molecular complexity index is 2340. The maximum absolute atomic E-state index is 7.12. The first-order chi connectivity index (χ1) is 23.2. The number of para-hydroxylation sites is 3. The van der Waals surface area contributed by atoms with Crippen LogP contribution in [0.1, 0.15) is 40.7 Å². The lowest BCUT2D eigenvalue weighted by molar-refractivity contribution is 0.881. The van der Waals surface area contributed by atoms with Crippen LogP contribution >= 0.6 is 11.8 Å². The van der Waals surface area contributed by atoms with E-state index >= 15 is 0 Å². The second-order valence-electron chi connectivity index (χ2n) is 12.7. The molecule has 3 heterocycles. The van der Waals surface area contributed by atoms with Crippen molar-refractivity contribution in [1.29, 1.82) is 0 Å². The molecule has 0 amide bonds. The molecule has 5 aromatic carbocycles. The number of nitrogens with one attached hydrogen (secondary N) is 2. The Kier molecular flexibility index (Phi) is 6.81. The molecule has 9 rings (SSSR count). The first-order valence-electron chi connectivity index (χ1n) is 16.4. The molecular weight excluding hydrogens is 591 g/mol. The van der Waals surface area contributed by atoms with Gasteiger partial charge in [0.1, 0.15) is 6.17 Å². The number of hydrogen-bond donors (Lipinski definition) is 3. The summed E-state index contributed by atoms with van der Waals surface area (Å²) >= 11 is 2.00. The molecule has 228 valence electrons. The molecule has 3 aliphatic rings. The van der Waals surface area contributed by atoms with Crippen LogP contribution in [0, 0.1) is 0 Å². The first-order valence-corrected chi connectivity index (χ1v) is 17.3. The van der Waals surface area contributed by atoms with Crippen molar-refractivity contribution in [3.63, 3.8) is 0 Å². The van der Waals surface area contributed by atoms with Gasteiger partial charge in [0.2, 0.25) is 0 Å². The fraction of sp³-hybridized carbons (Fsp3) is 0.116. The smallest absolute Gasteiger partial charge is 0.101 e. The molecule has 2 aliphatic heterocycles. The minimum absolute atomic E-state index is 0.411. The van der Waals surface area contributed by atoms with Crippen LogP contribution < -0.4 is 11.1 Å². The van der Waals surface area contributed by atoms with Crippen LogP contribution in [0.15, 0.2) is 150 Å². The summed E-state index contributed by atoms with van der Waals surface area (Å²) in [7, 11) is 0. The van der Waals surface area contributed by atoms with Gasteiger partial charge in [-0.3, -0.25) is 0 Å². The molecule has 0 saturated heterocycles. The van der Waals surface area contributed by atoms with Crippen LogP contribution in [-0.4, -0.2) is 16.4 Å². The average Bonchev–Trinajstić information content (AvgIpc) is 3.69. The van der Waals surface area contributed by atoms with Crippen LogP contribution in [-0.2, 0) is 6.42 Å². The SMILES string of the molecule is C/C=C\C1=C(/c2cccc3c2[nH]c2ccccc23)c2ccc(-c3cccc4c3SC3C=CC=CC43)cc2Cc2ccccc2NC1N. The number of hydrogen-bond acceptors (Lipinski definition) is 3. The molecule has 47 heavy (non-hydrogen) atoms. The van der Waals surface area contributed by atoms with E-state index in [1.165, 1.54) is 49.0 Å². The van der Waals surface area contributed by atoms with Crippen LogP contribution in [0.4, 0.5) is 5.69 Å². The van der Waals surface area contributed by atoms with E-state index in [0.717, 1.165) is 39.9 Å². The number of aromatic nitrogens is 1. The molecule has 3 unspecified atom stereocenters. The number of aromatic amines is 1. The predicted molar refractivity (Wildman–Crippen MR) is 200 cm³/mol. The first kappa shape index (κ1) is 28.2. The Labute approximate surface area is 279 Å². The monoisotopic (exact) mass is 625 g/mol. The summed E-state index contributed by atoms with van der Waals surface area (Å²) < 4.78 is 0. The maximum Gasteiger partial charge on any atom is 0.101 e. The van der Waals surface area contributed by atoms with E-state index in [9.17, 15) is 0 Å². The van der Waals surface area contributed by atoms with E-state index in [1.54, 1.807) is 0 Å². The lowest BCUT2D eigenvalue weighted by atomic mass is 9.84. The van der Waals surface area contributed by atoms with Crippen molar-refractivity contribution in [1.82, 2.24) is 4.98 Å². The van der Waals surface area contributed by atoms with Crippen molar-refractivity contribution >= 4 is 44.8 Å². The number of thioether (sulfide) groups is 1. The van der Waals surface area contributed by atoms with Crippen molar-refractivity contribution in [2.45, 2.75) is 35.6 Å². The molecule has 0 bridgehead atoms. The lowest BCUT2D eigenvalue weighted by Crippen LogP contribution is -2.32. The third-order valence-electron chi connectivity index (χ3n) is 9.92. The Morgan fingerprint density at radius 2 is 1.57 bits per heavy atom. The van der Waals surface area contributed by atoms with Crippen LogP contribution in [0.2, 0.25) is 0 Å². The van der Waals surface area contributed by atoms with Crippen molar-refractivity contribution in [3.8, 4) is 11.1 Å². The molecule has 3 atom stereocenters. The summed E-state index contributed by atoms with van der Waals surface area (Å²) in [6.07, 6.45) is 13.7. The Morgan fingerprint density at radius 3 is 2.51 bits per heavy atom. The fourth-order valence-corrected chi connectivity index (χ4v) is 9.25. The Hall–Kier alpha value is -5.03. The van der Waals surface area contributed by atoms with Crippen molar-refractivity contribution in [2.75, 3.05) is 5.32 Å². The van der Waals surface area contributed by atoms with Gasteiger partial charge in [0.15, 0.2) is 0 Å². The summed E-state index contributed by atoms with van der Waals surface area (Å²) in [6, 6.07) is 37.7. The summed E-state index contributed by atoms with van der Waals surface area (Å²) in [5.41, 5.74) is 21.6. The summed E-state index contributed by atoms with van der Waals surface area (Å²) in [5, 5.41) is 6.60. The molecule has 4 N–H and O–H groups in total. The van der Waals surface area contributed by atoms with E-state index in [-0.39, 0.29) is 0 Å². The minimum Gasteiger partial charge on any atom is -0.366 e. The molecule has 3 nitrogen and oxygen atoms in total. The van der Waals surface area contributed by atoms with E-state index in [2.05, 4.69) is 157 Å². The third-order valence-corrected chi connectivity index (χ3v) is 11.3. The number of allylic oxidation sites excluding steroid dienone is 4. The van der Waals surface area contributed by atoms with Gasteiger partial charge >= 0.3 is 0 Å². The van der Waals surface area contributed by atoms with Gasteiger partial charge in [-0.2, -0.15) is 0 Å². The largest absolute Gasteiger partial charge is 0.366 e. The molecule has 1 aromatic heterocycles. The van der Waals surface area contributed by atoms with Crippen LogP contribution in [0.3, 0.4) is 0 Å². The van der Waals surface area contributed by atoms with Gasteiger partial charge in [0, 0.05) is 50.0 Å². The summed E-state index contributed by atoms with van der Waals surface area (Å²) in [5.74, 6) is 0.432. The summed E-state index contributed by atoms with van der Waals surface area (Å²) in [6.45, 7) is 2.07. The van der Waals surface area contributed by atoms with Gasteiger partial charge in [-0.15, -0.1) is 11.8 Å². The van der Waals surface area contributed by atoms with Gasteiger partial charge in [0.25, 0.3) is 0 Å². The van der Waals surface area contributed by atoms with E-state index in [4.69, 9.17) is 5.73 Å². The van der Waals surface area contributed by atoms with Crippen molar-refractivity contribution in [3.05, 3.63) is 173 Å². The number of H-pyrrole nitrogens is 1. The molecule has 0 saturated carbocycles. The summed E-state index contributed by atoms with van der Waals surface area (Å²) in [4.78, 5) is 5.18. The van der Waals surface area contributed by atoms with Crippen molar-refractivity contribution < 1.29 is 0 Å². The fourth-order valence-electron chi connectivity index (χ4n) is 7.77. The van der Waals surface area contributed by atoms with Gasteiger partial charge in [0.05, 0.1) is 5.52 Å². The minimum atomic E-state index is -0.411. The van der Waals surface area contributed by atoms with Crippen LogP contribution in [0.5, 0.6) is 0 Å². The zero-order valence-electron chi connectivity index (χ0n) is 26.2. The second kappa shape index (κ2) is 11.3. The van der Waals surface area contributed by atoms with Crippen molar-refractivity contribution in [2.24, 2.45) is 5.73 Å². The number of fused-ring (bicyclic) bond motifs is 8. The highest BCUT2D eigenvalue weighted by molar-refractivity contribution is 8.00. The zero-order valence-corrected chi connectivity index (χ0v) is 27.0. The highest BCUT2D eigenvalue weighted by Gasteiger charge is 2.33. The van der Waals surface area contributed by atoms with E-state index < -0.39 is 6.17 Å². The maximum atomic E-state index is 7.12. The highest BCUT2D eigenvalue weighted by Crippen LogP contribution is 2.52. The number of benzene rings is 5. The molecule has 1 aliphatic carbocycles. The topological polar surface area (TPSA) is 53.8 Å². The number of rotatable bonds is 3. The molecular formula is C43H35N3S. The molecule has 6 aromatic rings. The predicted octanol–water partition coefficient (Wildman–Crippen LogP) is 10.4. The normalized spacial score (nSPS) is 21.5. The quantitative estimate of drug-likeness (QED) is 0.183. The Morgan fingerprint density at radius 1 is 0.766 bits per heavy atom. The molecule has 0 radical (unpaired) electrons. The number of nitrogens with two attached hydrogens (primary N) is 1. The number of anilines is 1. The second-order valence-corrected chi connectivity index (χ2v) is 13.8. The van der Waals surface area contributed by atoms with E-state index in [0.29, 0.717) is 11.2 Å². The van der Waals surface area contributed by atoms with E-state index in [1.807, 2.05) is 11.8 Å². The van der Waals surface area contributed by atoms with Crippen LogP contribution in [0.25, 0.3) is 38.5 Å².